The van der Waals surface area contributed by atoms with E-state index in [1.54, 1.807) is 0 Å². The molecule has 0 heterocycles. The van der Waals surface area contributed by atoms with Crippen molar-refractivity contribution >= 4 is 9.84 Å². The minimum atomic E-state index is -2.82. The molecule has 0 aliphatic heterocycles. The largest absolute Gasteiger partial charge is 0.317 e. The molecule has 1 aliphatic carbocycles. The van der Waals surface area contributed by atoms with E-state index in [0.29, 0.717) is 11.8 Å². The molecule has 0 aromatic rings. The van der Waals surface area contributed by atoms with E-state index in [1.807, 2.05) is 7.05 Å². The van der Waals surface area contributed by atoms with Gasteiger partial charge < -0.3 is 5.32 Å². The second-order valence-electron chi connectivity index (χ2n) is 4.49. The van der Waals surface area contributed by atoms with Gasteiger partial charge in [-0.15, -0.1) is 0 Å². The molecule has 1 N–H and O–H groups in total. The van der Waals surface area contributed by atoms with E-state index in [-0.39, 0.29) is 5.25 Å². The highest BCUT2D eigenvalue weighted by atomic mass is 32.2. The first kappa shape index (κ1) is 13.0. The van der Waals surface area contributed by atoms with Gasteiger partial charge in [0.05, 0.1) is 11.0 Å². The Labute approximate surface area is 93.6 Å². The van der Waals surface area contributed by atoms with Gasteiger partial charge in [0.25, 0.3) is 0 Å². The van der Waals surface area contributed by atoms with Gasteiger partial charge in [0, 0.05) is 6.04 Å². The Morgan fingerprint density at radius 2 is 2.00 bits per heavy atom. The molecule has 0 saturated heterocycles. The summed E-state index contributed by atoms with van der Waals surface area (Å²) in [7, 11) is -0.902. The molecule has 4 heteroatoms. The van der Waals surface area contributed by atoms with Crippen LogP contribution < -0.4 is 5.32 Å². The van der Waals surface area contributed by atoms with Crippen LogP contribution >= 0.6 is 0 Å². The van der Waals surface area contributed by atoms with E-state index in [4.69, 9.17) is 0 Å². The minimum Gasteiger partial charge on any atom is -0.317 e. The zero-order valence-electron chi connectivity index (χ0n) is 9.83. The van der Waals surface area contributed by atoms with Crippen LogP contribution in [0.3, 0.4) is 0 Å². The molecule has 2 atom stereocenters. The molecule has 0 radical (unpaired) electrons. The summed E-state index contributed by atoms with van der Waals surface area (Å²) in [6.45, 7) is 2.10. The van der Waals surface area contributed by atoms with Gasteiger partial charge in [-0.2, -0.15) is 0 Å². The highest BCUT2D eigenvalue weighted by Gasteiger charge is 2.32. The summed E-state index contributed by atoms with van der Waals surface area (Å²) in [5.74, 6) is 0.391. The average Bonchev–Trinajstić information content (AvgIpc) is 2.66. The number of hydrogen-bond donors (Lipinski definition) is 1. The number of sulfone groups is 1. The Balaban J connectivity index is 2.41. The van der Waals surface area contributed by atoms with Crippen LogP contribution in [0.15, 0.2) is 0 Å². The van der Waals surface area contributed by atoms with E-state index < -0.39 is 9.84 Å². The maximum absolute atomic E-state index is 11.9. The Bertz CT molecular complexity index is 274. The number of nitrogens with one attached hydrogen (secondary N) is 1. The molecule has 1 fully saturated rings. The van der Waals surface area contributed by atoms with Crippen molar-refractivity contribution in [3.05, 3.63) is 0 Å². The molecule has 90 valence electrons. The zero-order valence-corrected chi connectivity index (χ0v) is 10.6. The van der Waals surface area contributed by atoms with Crippen LogP contribution in [0.2, 0.25) is 0 Å². The molecule has 0 bridgehead atoms. The van der Waals surface area contributed by atoms with E-state index in [0.717, 1.165) is 38.5 Å². The van der Waals surface area contributed by atoms with Gasteiger partial charge in [0.2, 0.25) is 0 Å². The third-order valence-corrected chi connectivity index (χ3v) is 5.63. The predicted molar refractivity (Wildman–Crippen MR) is 63.8 cm³/mol. The number of unbranched alkanes of at least 4 members (excludes halogenated alkanes) is 2. The molecule has 0 amide bonds. The van der Waals surface area contributed by atoms with Gasteiger partial charge >= 0.3 is 0 Å². The van der Waals surface area contributed by atoms with Crippen LogP contribution in [0, 0.1) is 0 Å². The average molecular weight is 233 g/mol. The van der Waals surface area contributed by atoms with Crippen LogP contribution in [0.1, 0.15) is 45.4 Å². The normalized spacial score (nSPS) is 27.1. The Kier molecular flexibility index (Phi) is 5.06. The summed E-state index contributed by atoms with van der Waals surface area (Å²) in [6.07, 6.45) is 5.61. The monoisotopic (exact) mass is 233 g/mol. The lowest BCUT2D eigenvalue weighted by molar-refractivity contribution is 0.561. The molecular formula is C11H23NO2S. The molecular weight excluding hydrogens is 210 g/mol. The van der Waals surface area contributed by atoms with Gasteiger partial charge in [-0.25, -0.2) is 8.42 Å². The fourth-order valence-corrected chi connectivity index (χ4v) is 4.21. The van der Waals surface area contributed by atoms with E-state index in [2.05, 4.69) is 12.2 Å². The third-order valence-electron chi connectivity index (χ3n) is 3.33. The molecule has 2 unspecified atom stereocenters. The molecule has 15 heavy (non-hydrogen) atoms. The second-order valence-corrected chi connectivity index (χ2v) is 6.90. The first-order valence-electron chi connectivity index (χ1n) is 5.99. The lowest BCUT2D eigenvalue weighted by atomic mass is 10.3. The lowest BCUT2D eigenvalue weighted by Gasteiger charge is -2.11. The van der Waals surface area contributed by atoms with Gasteiger partial charge in [-0.05, 0) is 32.7 Å². The van der Waals surface area contributed by atoms with Crippen molar-refractivity contribution < 1.29 is 8.42 Å². The summed E-state index contributed by atoms with van der Waals surface area (Å²) < 4.78 is 23.9. The summed E-state index contributed by atoms with van der Waals surface area (Å²) in [6, 6.07) is 0.413. The van der Waals surface area contributed by atoms with E-state index in [1.165, 1.54) is 0 Å². The van der Waals surface area contributed by atoms with Crippen molar-refractivity contribution in [2.45, 2.75) is 56.7 Å². The number of hydrogen-bond acceptors (Lipinski definition) is 3. The topological polar surface area (TPSA) is 46.2 Å². The second kappa shape index (κ2) is 5.85. The molecule has 1 aliphatic rings. The molecule has 0 spiro atoms. The zero-order chi connectivity index (χ0) is 11.3. The van der Waals surface area contributed by atoms with Crippen molar-refractivity contribution in [1.82, 2.24) is 5.32 Å². The highest BCUT2D eigenvalue weighted by Crippen LogP contribution is 2.26. The fraction of sp³-hybridized carbons (Fsp3) is 1.00. The van der Waals surface area contributed by atoms with Crippen LogP contribution in [-0.4, -0.2) is 32.5 Å². The predicted octanol–water partition coefficient (Wildman–Crippen LogP) is 1.73. The van der Waals surface area contributed by atoms with Crippen LogP contribution in [0.4, 0.5) is 0 Å². The van der Waals surface area contributed by atoms with Gasteiger partial charge in [0.15, 0.2) is 9.84 Å². The first-order valence-corrected chi connectivity index (χ1v) is 7.70. The van der Waals surface area contributed by atoms with Crippen molar-refractivity contribution in [3.8, 4) is 0 Å². The Hall–Kier alpha value is -0.0900. The Morgan fingerprint density at radius 1 is 1.27 bits per heavy atom. The van der Waals surface area contributed by atoms with Crippen LogP contribution in [0.25, 0.3) is 0 Å². The van der Waals surface area contributed by atoms with Crippen LogP contribution in [0.5, 0.6) is 0 Å². The smallest absolute Gasteiger partial charge is 0.153 e. The fourth-order valence-electron chi connectivity index (χ4n) is 2.25. The van der Waals surface area contributed by atoms with Gasteiger partial charge in [0.1, 0.15) is 0 Å². The van der Waals surface area contributed by atoms with Crippen molar-refractivity contribution in [1.29, 1.82) is 0 Å². The summed E-state index contributed by atoms with van der Waals surface area (Å²) in [5.41, 5.74) is 0. The van der Waals surface area contributed by atoms with Crippen molar-refractivity contribution in [2.75, 3.05) is 12.8 Å². The third kappa shape index (κ3) is 3.76. The Morgan fingerprint density at radius 3 is 2.53 bits per heavy atom. The summed E-state index contributed by atoms with van der Waals surface area (Å²) in [4.78, 5) is 0. The quantitative estimate of drug-likeness (QED) is 0.711. The summed E-state index contributed by atoms with van der Waals surface area (Å²) in [5, 5.41) is 3.09. The van der Waals surface area contributed by atoms with Gasteiger partial charge in [-0.3, -0.25) is 0 Å². The molecule has 1 saturated carbocycles. The minimum absolute atomic E-state index is 0.0770. The van der Waals surface area contributed by atoms with Crippen molar-refractivity contribution in [2.24, 2.45) is 0 Å². The van der Waals surface area contributed by atoms with E-state index in [9.17, 15) is 8.42 Å². The van der Waals surface area contributed by atoms with Crippen molar-refractivity contribution in [3.63, 3.8) is 0 Å². The van der Waals surface area contributed by atoms with Crippen LogP contribution in [-0.2, 0) is 9.84 Å². The lowest BCUT2D eigenvalue weighted by Crippen LogP contribution is -2.26. The summed E-state index contributed by atoms with van der Waals surface area (Å²) >= 11 is 0. The van der Waals surface area contributed by atoms with E-state index >= 15 is 0 Å². The molecule has 1 rings (SSSR count). The standard InChI is InChI=1S/C11H23NO2S/c1-3-4-5-8-15(13,14)11-7-6-10(9-11)12-2/h10-12H,3-9H2,1-2H3. The maximum Gasteiger partial charge on any atom is 0.153 e. The highest BCUT2D eigenvalue weighted by molar-refractivity contribution is 7.92. The SMILES string of the molecule is CCCCCS(=O)(=O)C1CCC(NC)C1. The van der Waals surface area contributed by atoms with Gasteiger partial charge in [-0.1, -0.05) is 19.8 Å². The molecule has 0 aromatic heterocycles. The number of rotatable bonds is 6. The molecule has 0 aromatic carbocycles. The first-order chi connectivity index (χ1) is 7.10. The molecule has 3 nitrogen and oxygen atoms in total. The maximum atomic E-state index is 11.9.